The molecule has 2 rings (SSSR count). The lowest BCUT2D eigenvalue weighted by Gasteiger charge is -2.21. The van der Waals surface area contributed by atoms with Crippen molar-refractivity contribution in [1.29, 1.82) is 0 Å². The number of nitrogens with one attached hydrogen (secondary N) is 1. The van der Waals surface area contributed by atoms with E-state index in [0.717, 1.165) is 43.2 Å². The maximum absolute atomic E-state index is 4.72. The number of guanidine groups is 1. The van der Waals surface area contributed by atoms with Crippen LogP contribution in [0.2, 0.25) is 0 Å². The van der Waals surface area contributed by atoms with Gasteiger partial charge in [0.05, 0.1) is 5.69 Å². The Kier molecular flexibility index (Phi) is 10.3. The molecule has 1 N–H and O–H groups in total. The van der Waals surface area contributed by atoms with Gasteiger partial charge in [0.2, 0.25) is 0 Å². The number of fused-ring (bicyclic) bond motifs is 1. The van der Waals surface area contributed by atoms with Gasteiger partial charge in [-0.25, -0.2) is 4.98 Å². The smallest absolute Gasteiger partial charge is 0.193 e. The van der Waals surface area contributed by atoms with Crippen LogP contribution >= 0.6 is 24.0 Å². The first kappa shape index (κ1) is 22.5. The Morgan fingerprint density at radius 2 is 2.19 bits per heavy atom. The summed E-state index contributed by atoms with van der Waals surface area (Å²) in [5, 5.41) is 3.44. The minimum Gasteiger partial charge on any atom is -0.356 e. The van der Waals surface area contributed by atoms with Crippen LogP contribution in [-0.2, 0) is 6.42 Å². The quantitative estimate of drug-likeness (QED) is 0.198. The molecule has 0 radical (unpaired) electrons. The molecule has 0 aromatic carbocycles. The van der Waals surface area contributed by atoms with E-state index < -0.39 is 0 Å². The van der Waals surface area contributed by atoms with E-state index in [0.29, 0.717) is 0 Å². The number of rotatable bonds is 9. The van der Waals surface area contributed by atoms with Crippen LogP contribution in [0.3, 0.4) is 0 Å². The first-order chi connectivity index (χ1) is 12.2. The van der Waals surface area contributed by atoms with Gasteiger partial charge in [-0.3, -0.25) is 4.99 Å². The van der Waals surface area contributed by atoms with Gasteiger partial charge in [0.25, 0.3) is 0 Å². The second kappa shape index (κ2) is 11.9. The Hall–Kier alpha value is -1.57. The first-order valence-corrected chi connectivity index (χ1v) is 9.11. The van der Waals surface area contributed by atoms with Crippen molar-refractivity contribution in [3.63, 3.8) is 0 Å². The fourth-order valence-corrected chi connectivity index (χ4v) is 2.93. The highest BCUT2D eigenvalue weighted by Gasteiger charge is 2.07. The van der Waals surface area contributed by atoms with Gasteiger partial charge in [-0.05, 0) is 37.8 Å². The molecule has 6 heteroatoms. The van der Waals surface area contributed by atoms with Crippen LogP contribution in [0.1, 0.15) is 36.9 Å². The molecule has 0 aliphatic rings. The van der Waals surface area contributed by atoms with E-state index in [1.165, 1.54) is 24.8 Å². The van der Waals surface area contributed by atoms with Crippen LogP contribution < -0.4 is 5.32 Å². The van der Waals surface area contributed by atoms with E-state index in [1.54, 1.807) is 0 Å². The van der Waals surface area contributed by atoms with Crippen molar-refractivity contribution in [1.82, 2.24) is 19.6 Å². The molecule has 2 heterocycles. The van der Waals surface area contributed by atoms with Gasteiger partial charge in [-0.15, -0.1) is 30.6 Å². The Bertz CT molecular complexity index is 707. The third-order valence-electron chi connectivity index (χ3n) is 4.37. The SMILES string of the molecule is C=CCCCCCN(C)C(=NC)NCCc1cn2cccc(C)c2n1.I. The topological polar surface area (TPSA) is 44.9 Å². The Labute approximate surface area is 174 Å². The minimum absolute atomic E-state index is 0. The number of pyridine rings is 1. The molecular weight excluding hydrogens is 437 g/mol. The summed E-state index contributed by atoms with van der Waals surface area (Å²) in [6.45, 7) is 7.71. The summed E-state index contributed by atoms with van der Waals surface area (Å²) < 4.78 is 2.09. The maximum Gasteiger partial charge on any atom is 0.193 e. The number of aliphatic imine (C=N–C) groups is 1. The number of hydrogen-bond donors (Lipinski definition) is 1. The summed E-state index contributed by atoms with van der Waals surface area (Å²) in [5.41, 5.74) is 3.34. The van der Waals surface area contributed by atoms with Crippen molar-refractivity contribution in [2.75, 3.05) is 27.2 Å². The summed E-state index contributed by atoms with van der Waals surface area (Å²) in [7, 11) is 3.93. The summed E-state index contributed by atoms with van der Waals surface area (Å²) in [6.07, 6.45) is 11.8. The highest BCUT2D eigenvalue weighted by atomic mass is 127. The number of halogens is 1. The van der Waals surface area contributed by atoms with E-state index in [1.807, 2.05) is 19.3 Å². The van der Waals surface area contributed by atoms with Crippen molar-refractivity contribution in [2.45, 2.75) is 39.0 Å². The van der Waals surface area contributed by atoms with Gasteiger partial charge in [0.15, 0.2) is 5.96 Å². The molecule has 0 saturated heterocycles. The second-order valence-corrected chi connectivity index (χ2v) is 6.44. The number of allylic oxidation sites excluding steroid dienone is 1. The Morgan fingerprint density at radius 3 is 2.88 bits per heavy atom. The molecule has 0 spiro atoms. The van der Waals surface area contributed by atoms with Gasteiger partial charge in [-0.1, -0.05) is 18.6 Å². The lowest BCUT2D eigenvalue weighted by Crippen LogP contribution is -2.40. The van der Waals surface area contributed by atoms with E-state index in [4.69, 9.17) is 4.98 Å². The zero-order chi connectivity index (χ0) is 18.1. The van der Waals surface area contributed by atoms with Crippen LogP contribution in [0.25, 0.3) is 5.65 Å². The summed E-state index contributed by atoms with van der Waals surface area (Å²) in [5.74, 6) is 0.948. The lowest BCUT2D eigenvalue weighted by atomic mass is 10.2. The summed E-state index contributed by atoms with van der Waals surface area (Å²) >= 11 is 0. The van der Waals surface area contributed by atoms with Crippen molar-refractivity contribution in [3.05, 3.63) is 48.4 Å². The predicted octanol–water partition coefficient (Wildman–Crippen LogP) is 4.06. The fourth-order valence-electron chi connectivity index (χ4n) is 2.93. The number of imidazole rings is 1. The van der Waals surface area contributed by atoms with Crippen molar-refractivity contribution >= 4 is 35.6 Å². The molecular formula is C20H32IN5. The molecule has 0 amide bonds. The second-order valence-electron chi connectivity index (χ2n) is 6.44. The van der Waals surface area contributed by atoms with Crippen molar-refractivity contribution in [2.24, 2.45) is 4.99 Å². The average Bonchev–Trinajstić information content (AvgIpc) is 3.03. The molecule has 0 saturated carbocycles. The molecule has 0 atom stereocenters. The highest BCUT2D eigenvalue weighted by molar-refractivity contribution is 14.0. The molecule has 2 aromatic heterocycles. The van der Waals surface area contributed by atoms with Crippen LogP contribution in [-0.4, -0.2) is 47.4 Å². The average molecular weight is 469 g/mol. The van der Waals surface area contributed by atoms with Crippen LogP contribution in [0.15, 0.2) is 42.2 Å². The van der Waals surface area contributed by atoms with Crippen molar-refractivity contribution < 1.29 is 0 Å². The monoisotopic (exact) mass is 469 g/mol. The number of hydrogen-bond acceptors (Lipinski definition) is 2. The van der Waals surface area contributed by atoms with Crippen LogP contribution in [0.5, 0.6) is 0 Å². The lowest BCUT2D eigenvalue weighted by molar-refractivity contribution is 0.455. The van der Waals surface area contributed by atoms with E-state index in [2.05, 4.69) is 58.5 Å². The molecule has 144 valence electrons. The zero-order valence-electron chi connectivity index (χ0n) is 16.2. The largest absolute Gasteiger partial charge is 0.356 e. The Balaban J connectivity index is 0.00000338. The molecule has 0 fully saturated rings. The molecule has 0 bridgehead atoms. The number of nitrogens with zero attached hydrogens (tertiary/aromatic N) is 4. The van der Waals surface area contributed by atoms with Crippen LogP contribution in [0, 0.1) is 6.92 Å². The fraction of sp³-hybridized carbons (Fsp3) is 0.500. The molecule has 26 heavy (non-hydrogen) atoms. The standard InChI is InChI=1S/C20H31N5.HI/c1-5-6-7-8-9-14-24(4)20(21-3)22-13-12-18-16-25-15-10-11-17(2)19(25)23-18;/h5,10-11,15-16H,1,6-9,12-14H2,2-4H3,(H,21,22);1H. The van der Waals surface area contributed by atoms with E-state index in [-0.39, 0.29) is 24.0 Å². The van der Waals surface area contributed by atoms with E-state index in [9.17, 15) is 0 Å². The Morgan fingerprint density at radius 1 is 1.38 bits per heavy atom. The number of unbranched alkanes of at least 4 members (excludes halogenated alkanes) is 3. The molecule has 0 unspecified atom stereocenters. The first-order valence-electron chi connectivity index (χ1n) is 9.11. The molecule has 2 aromatic rings. The zero-order valence-corrected chi connectivity index (χ0v) is 18.6. The molecule has 0 aliphatic heterocycles. The van der Waals surface area contributed by atoms with Crippen molar-refractivity contribution in [3.8, 4) is 0 Å². The van der Waals surface area contributed by atoms with Crippen LogP contribution in [0.4, 0.5) is 0 Å². The summed E-state index contributed by atoms with van der Waals surface area (Å²) in [4.78, 5) is 11.3. The number of aryl methyl sites for hydroxylation is 1. The van der Waals surface area contributed by atoms with Gasteiger partial charge < -0.3 is 14.6 Å². The third-order valence-corrected chi connectivity index (χ3v) is 4.37. The minimum atomic E-state index is 0. The third kappa shape index (κ3) is 6.63. The summed E-state index contributed by atoms with van der Waals surface area (Å²) in [6, 6.07) is 4.15. The molecule has 0 aliphatic carbocycles. The highest BCUT2D eigenvalue weighted by Crippen LogP contribution is 2.10. The normalized spacial score (nSPS) is 11.3. The van der Waals surface area contributed by atoms with Gasteiger partial charge in [0, 0.05) is 46.0 Å². The predicted molar refractivity (Wildman–Crippen MR) is 122 cm³/mol. The van der Waals surface area contributed by atoms with E-state index >= 15 is 0 Å². The van der Waals surface area contributed by atoms with Gasteiger partial charge in [0.1, 0.15) is 5.65 Å². The van der Waals surface area contributed by atoms with Gasteiger partial charge in [-0.2, -0.15) is 0 Å². The maximum atomic E-state index is 4.72. The van der Waals surface area contributed by atoms with Gasteiger partial charge >= 0.3 is 0 Å². The number of aromatic nitrogens is 2. The molecule has 5 nitrogen and oxygen atoms in total.